The van der Waals surface area contributed by atoms with Gasteiger partial charge < -0.3 is 14.0 Å². The molecule has 0 radical (unpaired) electrons. The highest BCUT2D eigenvalue weighted by atomic mass is 19.4. The fourth-order valence-corrected chi connectivity index (χ4v) is 3.92. The van der Waals surface area contributed by atoms with Crippen LogP contribution in [-0.2, 0) is 11.3 Å². The molecule has 6 nitrogen and oxygen atoms in total. The van der Waals surface area contributed by atoms with E-state index in [0.29, 0.717) is 23.2 Å². The number of anilines is 1. The molecule has 0 bridgehead atoms. The molecular formula is C27H24F3N3O3. The normalized spacial score (nSPS) is 14.4. The van der Waals surface area contributed by atoms with Crippen LogP contribution in [0.4, 0.5) is 23.7 Å². The first-order chi connectivity index (χ1) is 17.3. The summed E-state index contributed by atoms with van der Waals surface area (Å²) in [6, 6.07) is 20.4. The van der Waals surface area contributed by atoms with E-state index in [1.165, 1.54) is 12.8 Å². The molecule has 2 aromatic heterocycles. The van der Waals surface area contributed by atoms with Crippen LogP contribution in [0, 0.1) is 5.92 Å². The molecule has 0 aliphatic heterocycles. The van der Waals surface area contributed by atoms with Gasteiger partial charge in [0.05, 0.1) is 5.52 Å². The van der Waals surface area contributed by atoms with Crippen LogP contribution in [0.1, 0.15) is 19.8 Å². The van der Waals surface area contributed by atoms with E-state index in [1.807, 2.05) is 42.5 Å². The lowest BCUT2D eigenvalue weighted by Gasteiger charge is -2.16. The Labute approximate surface area is 205 Å². The van der Waals surface area contributed by atoms with Crippen LogP contribution in [0.3, 0.4) is 0 Å². The maximum atomic E-state index is 12.6. The number of carbonyl (C=O) groups is 1. The van der Waals surface area contributed by atoms with Crippen LogP contribution in [0.5, 0.6) is 11.6 Å². The standard InChI is InChI=1S/C27H24F3N3O3/c1-17(27(28,29)30)35-26(34)32-21-10-7-19(8-11-21)23-14-20-9-12-22(36-25-4-2-3-13-31-25)15-24(20)33(23)16-18-5-6-18/h2-4,7-15,17-18H,5-6,16H2,1H3,(H,32,34)/t17-/m1/s1. The van der Waals surface area contributed by atoms with E-state index < -0.39 is 18.4 Å². The molecular weight excluding hydrogens is 471 g/mol. The van der Waals surface area contributed by atoms with Gasteiger partial charge in [-0.3, -0.25) is 5.32 Å². The van der Waals surface area contributed by atoms with Crippen molar-refractivity contribution in [3.63, 3.8) is 0 Å². The summed E-state index contributed by atoms with van der Waals surface area (Å²) in [6.45, 7) is 1.65. The number of pyridine rings is 1. The van der Waals surface area contributed by atoms with Crippen molar-refractivity contribution in [3.8, 4) is 22.9 Å². The number of ether oxygens (including phenoxy) is 2. The third-order valence-electron chi connectivity index (χ3n) is 6.05. The molecule has 1 saturated carbocycles. The molecule has 1 aliphatic rings. The number of fused-ring (bicyclic) bond motifs is 1. The van der Waals surface area contributed by atoms with Crippen molar-refractivity contribution >= 4 is 22.7 Å². The Morgan fingerprint density at radius 3 is 2.56 bits per heavy atom. The molecule has 1 N–H and O–H groups in total. The van der Waals surface area contributed by atoms with Crippen molar-refractivity contribution in [3.05, 3.63) is 72.9 Å². The van der Waals surface area contributed by atoms with Gasteiger partial charge in [0, 0.05) is 41.6 Å². The highest BCUT2D eigenvalue weighted by molar-refractivity contribution is 5.89. The number of rotatable bonds is 7. The van der Waals surface area contributed by atoms with Crippen molar-refractivity contribution in [2.24, 2.45) is 5.92 Å². The Balaban J connectivity index is 1.39. The quantitative estimate of drug-likeness (QED) is 0.290. The Bertz CT molecular complexity index is 1360. The van der Waals surface area contributed by atoms with Gasteiger partial charge in [-0.25, -0.2) is 9.78 Å². The zero-order chi connectivity index (χ0) is 25.3. The molecule has 1 fully saturated rings. The minimum Gasteiger partial charge on any atom is -0.439 e. The summed E-state index contributed by atoms with van der Waals surface area (Å²) < 4.78 is 50.5. The third-order valence-corrected chi connectivity index (χ3v) is 6.05. The molecule has 2 heterocycles. The van der Waals surface area contributed by atoms with E-state index in [4.69, 9.17) is 4.74 Å². The Morgan fingerprint density at radius 1 is 1.11 bits per heavy atom. The monoisotopic (exact) mass is 495 g/mol. The molecule has 1 amide bonds. The van der Waals surface area contributed by atoms with E-state index in [0.717, 1.165) is 35.6 Å². The predicted octanol–water partition coefficient (Wildman–Crippen LogP) is 7.40. The van der Waals surface area contributed by atoms with E-state index in [-0.39, 0.29) is 0 Å². The van der Waals surface area contributed by atoms with Crippen LogP contribution < -0.4 is 10.1 Å². The van der Waals surface area contributed by atoms with Gasteiger partial charge in [-0.15, -0.1) is 0 Å². The van der Waals surface area contributed by atoms with Gasteiger partial charge in [-0.05, 0) is 67.6 Å². The van der Waals surface area contributed by atoms with Gasteiger partial charge >= 0.3 is 12.3 Å². The van der Waals surface area contributed by atoms with Crippen molar-refractivity contribution in [1.82, 2.24) is 9.55 Å². The largest absolute Gasteiger partial charge is 0.439 e. The molecule has 9 heteroatoms. The lowest BCUT2D eigenvalue weighted by Crippen LogP contribution is -2.32. The van der Waals surface area contributed by atoms with Crippen molar-refractivity contribution in [1.29, 1.82) is 0 Å². The second-order valence-electron chi connectivity index (χ2n) is 8.87. The average Bonchev–Trinajstić information content (AvgIpc) is 3.60. The first-order valence-electron chi connectivity index (χ1n) is 11.6. The zero-order valence-corrected chi connectivity index (χ0v) is 19.5. The number of aromatic nitrogens is 2. The third kappa shape index (κ3) is 5.45. The van der Waals surface area contributed by atoms with Crippen LogP contribution in [0.15, 0.2) is 72.9 Å². The van der Waals surface area contributed by atoms with E-state index in [1.54, 1.807) is 24.4 Å². The summed E-state index contributed by atoms with van der Waals surface area (Å²) in [5.74, 6) is 1.82. The number of hydrogen-bond donors (Lipinski definition) is 1. The van der Waals surface area contributed by atoms with Gasteiger partial charge in [0.15, 0.2) is 6.10 Å². The summed E-state index contributed by atoms with van der Waals surface area (Å²) in [5.41, 5.74) is 3.31. The fraction of sp³-hybridized carbons (Fsp3) is 0.259. The first kappa shape index (κ1) is 23.7. The molecule has 1 atom stereocenters. The number of nitrogens with one attached hydrogen (secondary N) is 1. The maximum absolute atomic E-state index is 12.6. The molecule has 0 spiro atoms. The summed E-state index contributed by atoms with van der Waals surface area (Å²) >= 11 is 0. The summed E-state index contributed by atoms with van der Waals surface area (Å²) in [4.78, 5) is 16.1. The van der Waals surface area contributed by atoms with Gasteiger partial charge in [0.25, 0.3) is 0 Å². The number of nitrogens with zero attached hydrogens (tertiary/aromatic N) is 2. The van der Waals surface area contributed by atoms with Crippen LogP contribution in [0.2, 0.25) is 0 Å². The summed E-state index contributed by atoms with van der Waals surface area (Å²) in [5, 5.41) is 3.41. The molecule has 0 saturated heterocycles. The number of benzene rings is 2. The van der Waals surface area contributed by atoms with Crippen molar-refractivity contribution in [2.45, 2.75) is 38.6 Å². The van der Waals surface area contributed by atoms with Crippen molar-refractivity contribution in [2.75, 3.05) is 5.32 Å². The molecule has 36 heavy (non-hydrogen) atoms. The lowest BCUT2D eigenvalue weighted by molar-refractivity contribution is -0.196. The molecule has 2 aromatic carbocycles. The number of carbonyl (C=O) groups excluding carboxylic acids is 1. The number of hydrogen-bond acceptors (Lipinski definition) is 4. The fourth-order valence-electron chi connectivity index (χ4n) is 3.92. The predicted molar refractivity (Wildman–Crippen MR) is 130 cm³/mol. The minimum atomic E-state index is -4.61. The van der Waals surface area contributed by atoms with Gasteiger partial charge in [0.1, 0.15) is 5.75 Å². The van der Waals surface area contributed by atoms with E-state index >= 15 is 0 Å². The van der Waals surface area contributed by atoms with Crippen LogP contribution in [-0.4, -0.2) is 27.9 Å². The van der Waals surface area contributed by atoms with Gasteiger partial charge in [0.2, 0.25) is 5.88 Å². The topological polar surface area (TPSA) is 65.4 Å². The summed E-state index contributed by atoms with van der Waals surface area (Å²) in [6.07, 6.45) is -3.91. The Hall–Kier alpha value is -4.01. The minimum absolute atomic E-state index is 0.342. The van der Waals surface area contributed by atoms with E-state index in [9.17, 15) is 18.0 Å². The molecule has 1 aliphatic carbocycles. The van der Waals surface area contributed by atoms with Crippen LogP contribution in [0.25, 0.3) is 22.2 Å². The van der Waals surface area contributed by atoms with Crippen molar-refractivity contribution < 1.29 is 27.4 Å². The lowest BCUT2D eigenvalue weighted by atomic mass is 10.1. The first-order valence-corrected chi connectivity index (χ1v) is 11.6. The van der Waals surface area contributed by atoms with E-state index in [2.05, 4.69) is 25.7 Å². The molecule has 5 rings (SSSR count). The number of amides is 1. The highest BCUT2D eigenvalue weighted by Crippen LogP contribution is 2.37. The zero-order valence-electron chi connectivity index (χ0n) is 19.5. The second kappa shape index (κ2) is 9.56. The smallest absolute Gasteiger partial charge is 0.425 e. The second-order valence-corrected chi connectivity index (χ2v) is 8.87. The summed E-state index contributed by atoms with van der Waals surface area (Å²) in [7, 11) is 0. The molecule has 0 unspecified atom stereocenters. The number of alkyl halides is 3. The Morgan fingerprint density at radius 2 is 1.89 bits per heavy atom. The van der Waals surface area contributed by atoms with Crippen LogP contribution >= 0.6 is 0 Å². The SMILES string of the molecule is C[C@@H](OC(=O)Nc1ccc(-c2cc3ccc(Oc4ccccn4)cc3n2CC2CC2)cc1)C(F)(F)F. The van der Waals surface area contributed by atoms with Gasteiger partial charge in [-0.2, -0.15) is 13.2 Å². The Kier molecular flexibility index (Phi) is 6.30. The maximum Gasteiger partial charge on any atom is 0.425 e. The van der Waals surface area contributed by atoms with Gasteiger partial charge in [-0.1, -0.05) is 18.2 Å². The average molecular weight is 496 g/mol. The molecule has 186 valence electrons. The number of halogens is 3. The molecule has 4 aromatic rings. The highest BCUT2D eigenvalue weighted by Gasteiger charge is 2.39.